The highest BCUT2D eigenvalue weighted by Gasteiger charge is 2.44. The molecule has 0 saturated carbocycles. The molecule has 2 heterocycles. The normalized spacial score (nSPS) is 25.1. The van der Waals surface area contributed by atoms with Crippen LogP contribution in [0.3, 0.4) is 0 Å². The van der Waals surface area contributed by atoms with Crippen LogP contribution in [0.15, 0.2) is 0 Å². The lowest BCUT2D eigenvalue weighted by atomic mass is 9.90. The van der Waals surface area contributed by atoms with Crippen molar-refractivity contribution in [2.75, 3.05) is 13.1 Å². The highest BCUT2D eigenvalue weighted by molar-refractivity contribution is 5.93. The van der Waals surface area contributed by atoms with Crippen LogP contribution in [0.25, 0.3) is 0 Å². The minimum absolute atomic E-state index is 0.0632. The number of nitriles is 1. The summed E-state index contributed by atoms with van der Waals surface area (Å²) in [5.41, 5.74) is 0. The number of halogens is 3. The number of piperidine rings is 1. The van der Waals surface area contributed by atoms with Gasteiger partial charge in [-0.15, -0.1) is 0 Å². The summed E-state index contributed by atoms with van der Waals surface area (Å²) in [6, 6.07) is -1.45. The Morgan fingerprint density at radius 3 is 2.42 bits per heavy atom. The minimum Gasteiger partial charge on any atom is -0.356 e. The monoisotopic (exact) mass is 473 g/mol. The average molecular weight is 473 g/mol. The molecule has 2 aliphatic heterocycles. The van der Waals surface area contributed by atoms with E-state index in [0.29, 0.717) is 19.4 Å². The van der Waals surface area contributed by atoms with Gasteiger partial charge >= 0.3 is 12.1 Å². The zero-order chi connectivity index (χ0) is 24.9. The predicted molar refractivity (Wildman–Crippen MR) is 110 cm³/mol. The number of alkyl halides is 3. The van der Waals surface area contributed by atoms with Crippen LogP contribution in [-0.4, -0.2) is 65.9 Å². The first-order chi connectivity index (χ1) is 15.3. The van der Waals surface area contributed by atoms with Crippen LogP contribution >= 0.6 is 0 Å². The number of nitrogens with one attached hydrogen (secondary N) is 3. The SMILES string of the molecule is CC(C)[C@H](NC(=O)C(F)(F)F)C(=O)N1CC[C@H](C)C[C@H]1C(=O)N[C@H](C#N)C[C@@H]1CCNC1=O. The number of hydrogen-bond acceptors (Lipinski definition) is 5. The summed E-state index contributed by atoms with van der Waals surface area (Å²) in [5.74, 6) is -4.79. The van der Waals surface area contributed by atoms with E-state index in [-0.39, 0.29) is 31.2 Å². The first kappa shape index (κ1) is 26.4. The molecule has 0 radical (unpaired) electrons. The number of nitrogens with zero attached hydrogens (tertiary/aromatic N) is 2. The van der Waals surface area contributed by atoms with E-state index >= 15 is 0 Å². The quantitative estimate of drug-likeness (QED) is 0.505. The summed E-state index contributed by atoms with van der Waals surface area (Å²) in [4.78, 5) is 50.6. The van der Waals surface area contributed by atoms with Crippen molar-refractivity contribution in [2.45, 2.75) is 70.8 Å². The summed E-state index contributed by atoms with van der Waals surface area (Å²) in [6.45, 7) is 5.51. The molecule has 4 amide bonds. The van der Waals surface area contributed by atoms with Gasteiger partial charge in [-0.3, -0.25) is 19.2 Å². The molecule has 0 spiro atoms. The van der Waals surface area contributed by atoms with E-state index in [1.165, 1.54) is 18.7 Å². The second-order valence-corrected chi connectivity index (χ2v) is 9.07. The van der Waals surface area contributed by atoms with Crippen molar-refractivity contribution in [3.63, 3.8) is 0 Å². The van der Waals surface area contributed by atoms with Gasteiger partial charge in [-0.1, -0.05) is 20.8 Å². The summed E-state index contributed by atoms with van der Waals surface area (Å²) in [7, 11) is 0. The Kier molecular flexibility index (Phi) is 8.69. The second kappa shape index (κ2) is 10.9. The maximum Gasteiger partial charge on any atom is 0.471 e. The molecule has 0 aromatic heterocycles. The smallest absolute Gasteiger partial charge is 0.356 e. The van der Waals surface area contributed by atoms with Gasteiger partial charge in [0.2, 0.25) is 17.7 Å². The van der Waals surface area contributed by atoms with Gasteiger partial charge in [-0.2, -0.15) is 18.4 Å². The standard InChI is InChI=1S/C21H30F3N5O4/c1-11(2)16(28-20(33)21(22,23)24)19(32)29-7-5-12(3)8-15(29)18(31)27-14(10-25)9-13-4-6-26-17(13)30/h11-16H,4-9H2,1-3H3,(H,26,30)(H,27,31)(H,28,33)/t12-,13-,14-,15-,16-/m0/s1. The molecule has 0 bridgehead atoms. The van der Waals surface area contributed by atoms with E-state index in [4.69, 9.17) is 0 Å². The van der Waals surface area contributed by atoms with E-state index < -0.39 is 53.9 Å². The Hall–Kier alpha value is -2.84. The molecule has 33 heavy (non-hydrogen) atoms. The molecule has 5 atom stereocenters. The van der Waals surface area contributed by atoms with Crippen LogP contribution in [0.2, 0.25) is 0 Å². The molecule has 184 valence electrons. The van der Waals surface area contributed by atoms with E-state index in [1.54, 1.807) is 5.32 Å². The first-order valence-corrected chi connectivity index (χ1v) is 11.0. The van der Waals surface area contributed by atoms with E-state index in [0.717, 1.165) is 0 Å². The topological polar surface area (TPSA) is 131 Å². The van der Waals surface area contributed by atoms with Gasteiger partial charge in [0.25, 0.3) is 0 Å². The molecule has 2 rings (SSSR count). The van der Waals surface area contributed by atoms with E-state index in [9.17, 15) is 37.6 Å². The molecule has 12 heteroatoms. The first-order valence-electron chi connectivity index (χ1n) is 11.0. The molecule has 2 aliphatic rings. The molecule has 0 unspecified atom stereocenters. The summed E-state index contributed by atoms with van der Waals surface area (Å²) in [6.07, 6.45) is -3.67. The number of carbonyl (C=O) groups is 4. The lowest BCUT2D eigenvalue weighted by Crippen LogP contribution is -2.61. The maximum atomic E-state index is 13.1. The van der Waals surface area contributed by atoms with Crippen molar-refractivity contribution in [3.8, 4) is 6.07 Å². The van der Waals surface area contributed by atoms with E-state index in [2.05, 4.69) is 10.6 Å². The third kappa shape index (κ3) is 6.82. The fourth-order valence-corrected chi connectivity index (χ4v) is 4.14. The van der Waals surface area contributed by atoms with Crippen LogP contribution in [-0.2, 0) is 19.2 Å². The molecular formula is C21H30F3N5O4. The van der Waals surface area contributed by atoms with Crippen molar-refractivity contribution < 1.29 is 32.3 Å². The van der Waals surface area contributed by atoms with Crippen LogP contribution in [0.4, 0.5) is 13.2 Å². The van der Waals surface area contributed by atoms with Crippen molar-refractivity contribution in [2.24, 2.45) is 17.8 Å². The zero-order valence-electron chi connectivity index (χ0n) is 18.9. The van der Waals surface area contributed by atoms with Crippen LogP contribution in [0.5, 0.6) is 0 Å². The minimum atomic E-state index is -5.15. The van der Waals surface area contributed by atoms with Crippen molar-refractivity contribution in [1.29, 1.82) is 5.26 Å². The Morgan fingerprint density at radius 2 is 1.91 bits per heavy atom. The van der Waals surface area contributed by atoms with Crippen molar-refractivity contribution in [1.82, 2.24) is 20.9 Å². The lowest BCUT2D eigenvalue weighted by Gasteiger charge is -2.40. The van der Waals surface area contributed by atoms with Gasteiger partial charge in [0.1, 0.15) is 18.1 Å². The van der Waals surface area contributed by atoms with Gasteiger partial charge in [-0.25, -0.2) is 0 Å². The highest BCUT2D eigenvalue weighted by atomic mass is 19.4. The van der Waals surface area contributed by atoms with Gasteiger partial charge in [0, 0.05) is 19.0 Å². The van der Waals surface area contributed by atoms with Gasteiger partial charge in [-0.05, 0) is 37.5 Å². The fraction of sp³-hybridized carbons (Fsp3) is 0.762. The number of rotatable bonds is 7. The Bertz CT molecular complexity index is 811. The average Bonchev–Trinajstić information content (AvgIpc) is 3.13. The molecule has 0 aromatic carbocycles. The third-order valence-corrected chi connectivity index (χ3v) is 6.08. The van der Waals surface area contributed by atoms with Gasteiger partial charge < -0.3 is 20.9 Å². The molecule has 9 nitrogen and oxygen atoms in total. The molecule has 0 aromatic rings. The Balaban J connectivity index is 2.16. The number of amides is 4. The van der Waals surface area contributed by atoms with Crippen molar-refractivity contribution in [3.05, 3.63) is 0 Å². The number of carbonyl (C=O) groups excluding carboxylic acids is 4. The predicted octanol–water partition coefficient (Wildman–Crippen LogP) is 0.851. The maximum absolute atomic E-state index is 13.1. The number of hydrogen-bond donors (Lipinski definition) is 3. The van der Waals surface area contributed by atoms with Crippen LogP contribution in [0.1, 0.15) is 46.5 Å². The third-order valence-electron chi connectivity index (χ3n) is 6.08. The van der Waals surface area contributed by atoms with Gasteiger partial charge in [0.15, 0.2) is 0 Å². The fourth-order valence-electron chi connectivity index (χ4n) is 4.14. The molecule has 2 fully saturated rings. The van der Waals surface area contributed by atoms with Gasteiger partial charge in [0.05, 0.1) is 6.07 Å². The molecule has 2 saturated heterocycles. The lowest BCUT2D eigenvalue weighted by molar-refractivity contribution is -0.175. The summed E-state index contributed by atoms with van der Waals surface area (Å²) < 4.78 is 38.3. The number of likely N-dealkylation sites (tertiary alicyclic amines) is 1. The van der Waals surface area contributed by atoms with Crippen LogP contribution in [0, 0.1) is 29.1 Å². The Morgan fingerprint density at radius 1 is 1.24 bits per heavy atom. The summed E-state index contributed by atoms with van der Waals surface area (Å²) >= 11 is 0. The molecule has 0 aliphatic carbocycles. The van der Waals surface area contributed by atoms with E-state index in [1.807, 2.05) is 13.0 Å². The highest BCUT2D eigenvalue weighted by Crippen LogP contribution is 2.26. The molecule has 3 N–H and O–H groups in total. The largest absolute Gasteiger partial charge is 0.471 e. The Labute approximate surface area is 190 Å². The van der Waals surface area contributed by atoms with Crippen molar-refractivity contribution >= 4 is 23.6 Å². The second-order valence-electron chi connectivity index (χ2n) is 9.07. The molecular weight excluding hydrogens is 443 g/mol. The summed E-state index contributed by atoms with van der Waals surface area (Å²) in [5, 5.41) is 16.4. The zero-order valence-corrected chi connectivity index (χ0v) is 18.9. The van der Waals surface area contributed by atoms with Crippen LogP contribution < -0.4 is 16.0 Å².